The van der Waals surface area contributed by atoms with Crippen LogP contribution in [0.4, 0.5) is 0 Å². The molecule has 1 aliphatic heterocycles. The fourth-order valence-corrected chi connectivity index (χ4v) is 3.50. The highest BCUT2D eigenvalue weighted by molar-refractivity contribution is 7.99. The summed E-state index contributed by atoms with van der Waals surface area (Å²) in [4.78, 5) is 10.9. The average molecular weight is 263 g/mol. The Kier molecular flexibility index (Phi) is 2.95. The number of thioether (sulfide) groups is 1. The Morgan fingerprint density at radius 1 is 1.56 bits per heavy atom. The van der Waals surface area contributed by atoms with E-state index in [1.54, 1.807) is 18.3 Å². The van der Waals surface area contributed by atoms with Crippen molar-refractivity contribution in [1.82, 2.24) is 14.6 Å². The van der Waals surface area contributed by atoms with Crippen LogP contribution in [0, 0.1) is 5.92 Å². The highest BCUT2D eigenvalue weighted by atomic mass is 32.2. The molecule has 1 saturated heterocycles. The lowest BCUT2D eigenvalue weighted by Gasteiger charge is -2.06. The summed E-state index contributed by atoms with van der Waals surface area (Å²) in [6.07, 6.45) is 3.89. The fraction of sp³-hybridized carbons (Fsp3) is 0.417. The number of carboxylic acids is 1. The van der Waals surface area contributed by atoms with E-state index in [-0.39, 0.29) is 5.56 Å². The SMILES string of the molecule is O=C(O)c1ccn2c(CC3CCSC3)nnc2c1. The van der Waals surface area contributed by atoms with E-state index >= 15 is 0 Å². The molecule has 0 saturated carbocycles. The number of nitrogens with zero attached hydrogens (tertiary/aromatic N) is 3. The molecule has 0 radical (unpaired) electrons. The number of rotatable bonds is 3. The Morgan fingerprint density at radius 3 is 3.17 bits per heavy atom. The molecule has 0 bridgehead atoms. The van der Waals surface area contributed by atoms with Crippen molar-refractivity contribution in [3.05, 3.63) is 29.7 Å². The molecule has 0 amide bonds. The number of carbonyl (C=O) groups is 1. The largest absolute Gasteiger partial charge is 0.478 e. The van der Waals surface area contributed by atoms with Gasteiger partial charge in [0.1, 0.15) is 5.82 Å². The van der Waals surface area contributed by atoms with Crippen molar-refractivity contribution >= 4 is 23.4 Å². The van der Waals surface area contributed by atoms with E-state index in [1.165, 1.54) is 17.9 Å². The first-order valence-electron chi connectivity index (χ1n) is 5.89. The first-order chi connectivity index (χ1) is 8.74. The molecule has 1 N–H and O–H groups in total. The summed E-state index contributed by atoms with van der Waals surface area (Å²) in [7, 11) is 0. The second-order valence-corrected chi connectivity index (χ2v) is 5.65. The van der Waals surface area contributed by atoms with E-state index < -0.39 is 5.97 Å². The van der Waals surface area contributed by atoms with Gasteiger partial charge in [-0.15, -0.1) is 10.2 Å². The second-order valence-electron chi connectivity index (χ2n) is 4.50. The standard InChI is InChI=1S/C12H13N3O2S/c16-12(17)9-1-3-15-10(13-14-11(15)6-9)5-8-2-4-18-7-8/h1,3,6,8H,2,4-5,7H2,(H,16,17). The molecule has 3 heterocycles. The normalized spacial score (nSPS) is 19.4. The number of aromatic carboxylic acids is 1. The fourth-order valence-electron chi connectivity index (χ4n) is 2.22. The van der Waals surface area contributed by atoms with E-state index in [2.05, 4.69) is 10.2 Å². The molecule has 1 aliphatic rings. The number of aromatic nitrogens is 3. The van der Waals surface area contributed by atoms with Gasteiger partial charge in [0.25, 0.3) is 0 Å². The Morgan fingerprint density at radius 2 is 2.44 bits per heavy atom. The lowest BCUT2D eigenvalue weighted by molar-refractivity contribution is 0.0697. The zero-order valence-electron chi connectivity index (χ0n) is 9.74. The van der Waals surface area contributed by atoms with Crippen LogP contribution >= 0.6 is 11.8 Å². The molecule has 0 aliphatic carbocycles. The maximum atomic E-state index is 10.9. The van der Waals surface area contributed by atoms with E-state index in [4.69, 9.17) is 5.11 Å². The second kappa shape index (κ2) is 4.61. The average Bonchev–Trinajstić information content (AvgIpc) is 2.99. The number of hydrogen-bond acceptors (Lipinski definition) is 4. The molecular formula is C12H13N3O2S. The molecule has 6 heteroatoms. The molecule has 1 atom stereocenters. The van der Waals surface area contributed by atoms with Crippen molar-refractivity contribution in [2.24, 2.45) is 5.92 Å². The van der Waals surface area contributed by atoms with Crippen molar-refractivity contribution < 1.29 is 9.90 Å². The molecule has 5 nitrogen and oxygen atoms in total. The third-order valence-electron chi connectivity index (χ3n) is 3.22. The highest BCUT2D eigenvalue weighted by Gasteiger charge is 2.19. The van der Waals surface area contributed by atoms with Crippen LogP contribution in [0.15, 0.2) is 18.3 Å². The van der Waals surface area contributed by atoms with Crippen molar-refractivity contribution in [1.29, 1.82) is 0 Å². The monoisotopic (exact) mass is 263 g/mol. The van der Waals surface area contributed by atoms with Crippen molar-refractivity contribution in [2.75, 3.05) is 11.5 Å². The van der Waals surface area contributed by atoms with Crippen LogP contribution in [-0.2, 0) is 6.42 Å². The number of fused-ring (bicyclic) bond motifs is 1. The topological polar surface area (TPSA) is 67.5 Å². The lowest BCUT2D eigenvalue weighted by atomic mass is 10.1. The van der Waals surface area contributed by atoms with Crippen LogP contribution < -0.4 is 0 Å². The van der Waals surface area contributed by atoms with Gasteiger partial charge in [0.05, 0.1) is 5.56 Å². The summed E-state index contributed by atoms with van der Waals surface area (Å²) in [5, 5.41) is 17.1. The van der Waals surface area contributed by atoms with Gasteiger partial charge < -0.3 is 5.11 Å². The number of hydrogen-bond donors (Lipinski definition) is 1. The Balaban J connectivity index is 1.91. The van der Waals surface area contributed by atoms with Gasteiger partial charge in [0.15, 0.2) is 5.65 Å². The third kappa shape index (κ3) is 2.08. The minimum atomic E-state index is -0.936. The summed E-state index contributed by atoms with van der Waals surface area (Å²) < 4.78 is 1.88. The van der Waals surface area contributed by atoms with Gasteiger partial charge in [0.2, 0.25) is 0 Å². The summed E-state index contributed by atoms with van der Waals surface area (Å²) >= 11 is 1.98. The van der Waals surface area contributed by atoms with Crippen LogP contribution in [0.3, 0.4) is 0 Å². The molecule has 94 valence electrons. The van der Waals surface area contributed by atoms with Crippen LogP contribution in [-0.4, -0.2) is 37.2 Å². The lowest BCUT2D eigenvalue weighted by Crippen LogP contribution is -2.06. The minimum Gasteiger partial charge on any atom is -0.478 e. The van der Waals surface area contributed by atoms with E-state index in [0.717, 1.165) is 12.2 Å². The first-order valence-corrected chi connectivity index (χ1v) is 7.04. The van der Waals surface area contributed by atoms with Gasteiger partial charge in [0, 0.05) is 12.6 Å². The zero-order chi connectivity index (χ0) is 12.5. The van der Waals surface area contributed by atoms with Gasteiger partial charge >= 0.3 is 5.97 Å². The summed E-state index contributed by atoms with van der Waals surface area (Å²) in [6.45, 7) is 0. The molecule has 3 rings (SSSR count). The molecule has 0 spiro atoms. The number of carboxylic acid groups (broad SMARTS) is 1. The summed E-state index contributed by atoms with van der Waals surface area (Å²) in [6, 6.07) is 3.15. The highest BCUT2D eigenvalue weighted by Crippen LogP contribution is 2.26. The molecule has 2 aromatic rings. The van der Waals surface area contributed by atoms with E-state index in [9.17, 15) is 4.79 Å². The Labute approximate surface area is 108 Å². The van der Waals surface area contributed by atoms with Crippen molar-refractivity contribution in [2.45, 2.75) is 12.8 Å². The van der Waals surface area contributed by atoms with Gasteiger partial charge in [-0.25, -0.2) is 4.79 Å². The smallest absolute Gasteiger partial charge is 0.335 e. The van der Waals surface area contributed by atoms with E-state index in [0.29, 0.717) is 11.6 Å². The van der Waals surface area contributed by atoms with Gasteiger partial charge in [-0.2, -0.15) is 11.8 Å². The van der Waals surface area contributed by atoms with Gasteiger partial charge in [-0.3, -0.25) is 4.40 Å². The van der Waals surface area contributed by atoms with Gasteiger partial charge in [-0.05, 0) is 36.0 Å². The minimum absolute atomic E-state index is 0.248. The molecule has 18 heavy (non-hydrogen) atoms. The maximum absolute atomic E-state index is 10.9. The Hall–Kier alpha value is -1.56. The predicted octanol–water partition coefficient (Wildman–Crippen LogP) is 1.72. The molecule has 1 fully saturated rings. The van der Waals surface area contributed by atoms with Gasteiger partial charge in [-0.1, -0.05) is 0 Å². The predicted molar refractivity (Wildman–Crippen MR) is 69.1 cm³/mol. The number of pyridine rings is 1. The third-order valence-corrected chi connectivity index (χ3v) is 4.45. The Bertz CT molecular complexity index is 590. The summed E-state index contributed by atoms with van der Waals surface area (Å²) in [5.41, 5.74) is 0.855. The molecular weight excluding hydrogens is 250 g/mol. The van der Waals surface area contributed by atoms with Crippen LogP contribution in [0.25, 0.3) is 5.65 Å². The molecule has 0 aromatic carbocycles. The van der Waals surface area contributed by atoms with Crippen LogP contribution in [0.1, 0.15) is 22.6 Å². The molecule has 1 unspecified atom stereocenters. The van der Waals surface area contributed by atoms with Crippen molar-refractivity contribution in [3.63, 3.8) is 0 Å². The van der Waals surface area contributed by atoms with E-state index in [1.807, 2.05) is 16.2 Å². The maximum Gasteiger partial charge on any atom is 0.335 e. The van der Waals surface area contributed by atoms with Crippen molar-refractivity contribution in [3.8, 4) is 0 Å². The summed E-state index contributed by atoms with van der Waals surface area (Å²) in [5.74, 6) is 3.07. The zero-order valence-corrected chi connectivity index (χ0v) is 10.6. The first kappa shape index (κ1) is 11.5. The van der Waals surface area contributed by atoms with Crippen LogP contribution in [0.2, 0.25) is 0 Å². The quantitative estimate of drug-likeness (QED) is 0.913. The van der Waals surface area contributed by atoms with Crippen LogP contribution in [0.5, 0.6) is 0 Å². The molecule has 2 aromatic heterocycles.